The molecule has 2 amide bonds. The van der Waals surface area contributed by atoms with E-state index < -0.39 is 6.03 Å². The minimum absolute atomic E-state index is 0.0144. The van der Waals surface area contributed by atoms with Crippen molar-refractivity contribution in [1.29, 1.82) is 0 Å². The molecule has 150 valence electrons. The van der Waals surface area contributed by atoms with Gasteiger partial charge in [-0.3, -0.25) is 4.79 Å². The van der Waals surface area contributed by atoms with Crippen molar-refractivity contribution >= 4 is 29.2 Å². The Labute approximate surface area is 171 Å². The number of H-pyrrole nitrogens is 1. The lowest BCUT2D eigenvalue weighted by Gasteiger charge is -2.31. The first-order valence-corrected chi connectivity index (χ1v) is 9.40. The Morgan fingerprint density at radius 1 is 1.28 bits per heavy atom. The molecule has 9 nitrogen and oxygen atoms in total. The summed E-state index contributed by atoms with van der Waals surface area (Å²) >= 11 is 6.48. The van der Waals surface area contributed by atoms with Crippen molar-refractivity contribution in [2.45, 2.75) is 32.6 Å². The monoisotopic (exact) mass is 414 g/mol. The van der Waals surface area contributed by atoms with E-state index in [1.54, 1.807) is 12.1 Å². The second-order valence-electron chi connectivity index (χ2n) is 7.12. The number of urea groups is 1. The number of hydrazone groups is 1. The highest BCUT2D eigenvalue weighted by Crippen LogP contribution is 2.45. The molecule has 2 aliphatic rings. The van der Waals surface area contributed by atoms with Crippen LogP contribution in [0.3, 0.4) is 0 Å². The number of nitrogens with one attached hydrogen (secondary N) is 2. The lowest BCUT2D eigenvalue weighted by atomic mass is 9.86. The summed E-state index contributed by atoms with van der Waals surface area (Å²) in [6.45, 7) is 7.46. The first-order chi connectivity index (χ1) is 13.8. The van der Waals surface area contributed by atoms with Crippen LogP contribution >= 0.6 is 11.6 Å². The topological polar surface area (TPSA) is 126 Å². The fourth-order valence-electron chi connectivity index (χ4n) is 3.23. The number of anilines is 1. The zero-order valence-corrected chi connectivity index (χ0v) is 16.6. The fraction of sp³-hybridized carbons (Fsp3) is 0.263. The van der Waals surface area contributed by atoms with Crippen molar-refractivity contribution in [3.63, 3.8) is 0 Å². The van der Waals surface area contributed by atoms with E-state index in [0.29, 0.717) is 22.0 Å². The number of carbonyl (C=O) groups excluding carboxylic acids is 1. The third-order valence-electron chi connectivity index (χ3n) is 4.89. The van der Waals surface area contributed by atoms with E-state index in [9.17, 15) is 9.59 Å². The minimum atomic E-state index is -0.466. The minimum Gasteiger partial charge on any atom is -0.436 e. The Kier molecular flexibility index (Phi) is 4.54. The molecule has 29 heavy (non-hydrogen) atoms. The molecule has 4 N–H and O–H groups in total. The van der Waals surface area contributed by atoms with Crippen molar-refractivity contribution in [2.75, 3.05) is 5.01 Å². The molecular formula is C19H19ClN6O3. The Balaban J connectivity index is 1.73. The van der Waals surface area contributed by atoms with Crippen molar-refractivity contribution in [3.8, 4) is 11.6 Å². The third kappa shape index (κ3) is 3.23. The first kappa shape index (κ1) is 19.0. The van der Waals surface area contributed by atoms with Gasteiger partial charge >= 0.3 is 6.03 Å². The molecule has 0 spiro atoms. The second-order valence-corrected chi connectivity index (χ2v) is 7.52. The van der Waals surface area contributed by atoms with Crippen LogP contribution in [0.25, 0.3) is 0 Å². The van der Waals surface area contributed by atoms with Crippen LogP contribution in [0.5, 0.6) is 11.6 Å². The van der Waals surface area contributed by atoms with Crippen LogP contribution < -0.4 is 26.4 Å². The third-order valence-corrected chi connectivity index (χ3v) is 5.17. The summed E-state index contributed by atoms with van der Waals surface area (Å²) in [5.41, 5.74) is 8.64. The summed E-state index contributed by atoms with van der Waals surface area (Å²) in [5, 5.41) is 14.5. The van der Waals surface area contributed by atoms with Gasteiger partial charge < -0.3 is 15.8 Å². The van der Waals surface area contributed by atoms with Gasteiger partial charge in [0.05, 0.1) is 16.4 Å². The number of nitrogens with two attached hydrogens (primary N) is 1. The summed E-state index contributed by atoms with van der Waals surface area (Å²) < 4.78 is 5.92. The average Bonchev–Trinajstić information content (AvgIpc) is 2.63. The van der Waals surface area contributed by atoms with E-state index in [4.69, 9.17) is 22.1 Å². The number of aromatic nitrogens is 2. The van der Waals surface area contributed by atoms with Crippen molar-refractivity contribution < 1.29 is 9.53 Å². The van der Waals surface area contributed by atoms with Gasteiger partial charge in [0.2, 0.25) is 5.88 Å². The number of aromatic amines is 1. The summed E-state index contributed by atoms with van der Waals surface area (Å²) in [7, 11) is 0. The molecule has 0 unspecified atom stereocenters. The molecular weight excluding hydrogens is 396 g/mol. The maximum Gasteiger partial charge on any atom is 0.347 e. The normalized spacial score (nSPS) is 15.6. The molecule has 0 fully saturated rings. The predicted octanol–water partition coefficient (Wildman–Crippen LogP) is 2.75. The number of fused-ring (bicyclic) bond motifs is 1. The molecule has 0 saturated heterocycles. The number of rotatable bonds is 4. The Morgan fingerprint density at radius 2 is 2.00 bits per heavy atom. The van der Waals surface area contributed by atoms with Gasteiger partial charge in [0, 0.05) is 17.2 Å². The van der Waals surface area contributed by atoms with Crippen molar-refractivity contribution in [1.82, 2.24) is 15.5 Å². The number of amidine groups is 1. The zero-order chi connectivity index (χ0) is 20.9. The van der Waals surface area contributed by atoms with Gasteiger partial charge in [-0.05, 0) is 30.4 Å². The smallest absolute Gasteiger partial charge is 0.347 e. The molecule has 1 aromatic carbocycles. The first-order valence-electron chi connectivity index (χ1n) is 9.02. The van der Waals surface area contributed by atoms with Crippen LogP contribution in [0.15, 0.2) is 34.3 Å². The van der Waals surface area contributed by atoms with E-state index in [0.717, 1.165) is 24.0 Å². The molecule has 10 heteroatoms. The van der Waals surface area contributed by atoms with E-state index in [-0.39, 0.29) is 28.9 Å². The molecule has 0 radical (unpaired) electrons. The molecule has 2 aromatic rings. The SMILES string of the molecule is C=C1NC(=O)N(c2cc(Cl)c(Oc3cc(C(C)C)c(=O)[nH]n3)c3c2CC3)N=C1N. The number of amides is 2. The highest BCUT2D eigenvalue weighted by atomic mass is 35.5. The molecule has 0 atom stereocenters. The van der Waals surface area contributed by atoms with Gasteiger partial charge in [0.25, 0.3) is 5.56 Å². The summed E-state index contributed by atoms with van der Waals surface area (Å²) in [5.74, 6) is 0.823. The Morgan fingerprint density at radius 3 is 2.66 bits per heavy atom. The largest absolute Gasteiger partial charge is 0.436 e. The number of benzene rings is 1. The maximum atomic E-state index is 12.3. The molecule has 1 aromatic heterocycles. The Hall–Kier alpha value is -3.33. The molecule has 0 bridgehead atoms. The summed E-state index contributed by atoms with van der Waals surface area (Å²) in [6, 6.07) is 2.74. The van der Waals surface area contributed by atoms with Crippen LogP contribution in [0.1, 0.15) is 36.5 Å². The molecule has 2 heterocycles. The number of carbonyl (C=O) groups is 1. The standard InChI is InChI=1S/C19H19ClN6O3/c1-8(2)12-6-15(23-24-18(12)27)29-16-11-5-4-10(11)14(7-13(16)20)26-19(28)22-9(3)17(21)25-26/h6-8H,3-5H2,1-2H3,(H2,21,25)(H,22,28)(H,24,27). The highest BCUT2D eigenvalue weighted by molar-refractivity contribution is 6.32. The van der Waals surface area contributed by atoms with Crippen LogP contribution in [0.2, 0.25) is 5.02 Å². The molecule has 0 saturated carbocycles. The second kappa shape index (κ2) is 6.93. The lowest BCUT2D eigenvalue weighted by Crippen LogP contribution is -2.46. The van der Waals surface area contributed by atoms with E-state index >= 15 is 0 Å². The van der Waals surface area contributed by atoms with Gasteiger partial charge in [-0.1, -0.05) is 32.0 Å². The van der Waals surface area contributed by atoms with Crippen LogP contribution in [-0.4, -0.2) is 22.1 Å². The number of nitrogens with zero attached hydrogens (tertiary/aromatic N) is 3. The van der Waals surface area contributed by atoms with Crippen LogP contribution in [0.4, 0.5) is 10.5 Å². The Bertz CT molecular complexity index is 1140. The van der Waals surface area contributed by atoms with Crippen LogP contribution in [0, 0.1) is 0 Å². The predicted molar refractivity (Wildman–Crippen MR) is 110 cm³/mol. The lowest BCUT2D eigenvalue weighted by molar-refractivity contribution is 0.248. The summed E-state index contributed by atoms with van der Waals surface area (Å²) in [6.07, 6.45) is 1.45. The van der Waals surface area contributed by atoms with Gasteiger partial charge in [-0.15, -0.1) is 10.2 Å². The highest BCUT2D eigenvalue weighted by Gasteiger charge is 2.32. The summed E-state index contributed by atoms with van der Waals surface area (Å²) in [4.78, 5) is 24.2. The molecule has 1 aliphatic carbocycles. The van der Waals surface area contributed by atoms with Gasteiger partial charge in [0.15, 0.2) is 11.6 Å². The van der Waals surface area contributed by atoms with Crippen LogP contribution in [-0.2, 0) is 12.8 Å². The maximum absolute atomic E-state index is 12.3. The van der Waals surface area contributed by atoms with E-state index in [1.807, 2.05) is 13.8 Å². The number of halogens is 1. The van der Waals surface area contributed by atoms with Crippen molar-refractivity contribution in [3.05, 3.63) is 56.5 Å². The fourth-order valence-corrected chi connectivity index (χ4v) is 3.49. The average molecular weight is 415 g/mol. The van der Waals surface area contributed by atoms with E-state index in [2.05, 4.69) is 27.2 Å². The number of hydrogen-bond donors (Lipinski definition) is 3. The van der Waals surface area contributed by atoms with Crippen molar-refractivity contribution in [2.24, 2.45) is 10.8 Å². The van der Waals surface area contributed by atoms with Gasteiger partial charge in [-0.2, -0.15) is 5.01 Å². The van der Waals surface area contributed by atoms with Gasteiger partial charge in [0.1, 0.15) is 0 Å². The molecule has 1 aliphatic heterocycles. The molecule has 4 rings (SSSR count). The zero-order valence-electron chi connectivity index (χ0n) is 15.9. The number of hydrogen-bond acceptors (Lipinski definition) is 6. The van der Waals surface area contributed by atoms with Gasteiger partial charge in [-0.25, -0.2) is 9.89 Å². The number of ether oxygens (including phenoxy) is 1. The van der Waals surface area contributed by atoms with E-state index in [1.165, 1.54) is 5.01 Å². The quantitative estimate of drug-likeness (QED) is 0.709.